The molecule has 0 saturated carbocycles. The molecule has 4 rings (SSSR count). The van der Waals surface area contributed by atoms with Crippen LogP contribution in [0.2, 0.25) is 0 Å². The van der Waals surface area contributed by atoms with Crippen LogP contribution in [0.3, 0.4) is 0 Å². The number of carbonyl (C=O) groups is 1. The molecule has 7 heteroatoms. The lowest BCUT2D eigenvalue weighted by Gasteiger charge is -2.08. The van der Waals surface area contributed by atoms with E-state index in [4.69, 9.17) is 10.6 Å². The molecule has 2 heterocycles. The minimum atomic E-state index is -0.551. The van der Waals surface area contributed by atoms with Crippen LogP contribution in [0.5, 0.6) is 0 Å². The van der Waals surface area contributed by atoms with Crippen LogP contribution in [0.25, 0.3) is 22.2 Å². The van der Waals surface area contributed by atoms with Gasteiger partial charge in [0.15, 0.2) is 0 Å². The average molecular weight is 371 g/mol. The first-order valence-corrected chi connectivity index (χ1v) is 8.83. The summed E-state index contributed by atoms with van der Waals surface area (Å²) in [5.41, 5.74) is 10.7. The summed E-state index contributed by atoms with van der Waals surface area (Å²) < 4.78 is 28.7. The van der Waals surface area contributed by atoms with Gasteiger partial charge >= 0.3 is 0 Å². The Hall–Kier alpha value is -2.77. The van der Waals surface area contributed by atoms with E-state index in [-0.39, 0.29) is 18.0 Å². The molecule has 3 aromatic rings. The van der Waals surface area contributed by atoms with Crippen molar-refractivity contribution in [3.05, 3.63) is 58.7 Å². The Morgan fingerprint density at radius 3 is 2.74 bits per heavy atom. The first-order valence-electron chi connectivity index (χ1n) is 8.83. The first kappa shape index (κ1) is 17.6. The fourth-order valence-electron chi connectivity index (χ4n) is 3.54. The van der Waals surface area contributed by atoms with E-state index in [1.807, 2.05) is 6.07 Å². The zero-order chi connectivity index (χ0) is 19.0. The zero-order valence-electron chi connectivity index (χ0n) is 14.6. The van der Waals surface area contributed by atoms with Crippen molar-refractivity contribution in [2.75, 3.05) is 6.54 Å². The van der Waals surface area contributed by atoms with E-state index in [9.17, 15) is 13.6 Å². The lowest BCUT2D eigenvalue weighted by molar-refractivity contribution is 0.0255. The van der Waals surface area contributed by atoms with Gasteiger partial charge in [0.2, 0.25) is 0 Å². The molecule has 1 aliphatic heterocycles. The van der Waals surface area contributed by atoms with Gasteiger partial charge in [0, 0.05) is 22.0 Å². The molecule has 1 aliphatic rings. The van der Waals surface area contributed by atoms with Gasteiger partial charge in [-0.25, -0.2) is 14.3 Å². The van der Waals surface area contributed by atoms with Crippen molar-refractivity contribution in [2.45, 2.75) is 25.9 Å². The maximum absolute atomic E-state index is 14.8. The summed E-state index contributed by atoms with van der Waals surface area (Å²) in [6.07, 6.45) is 2.55. The van der Waals surface area contributed by atoms with Gasteiger partial charge in [0.25, 0.3) is 5.91 Å². The van der Waals surface area contributed by atoms with Crippen molar-refractivity contribution in [1.82, 2.24) is 10.5 Å². The monoisotopic (exact) mass is 371 g/mol. The third kappa shape index (κ3) is 3.20. The highest BCUT2D eigenvalue weighted by molar-refractivity contribution is 6.09. The Labute approximate surface area is 154 Å². The van der Waals surface area contributed by atoms with Gasteiger partial charge in [-0.1, -0.05) is 6.07 Å². The molecule has 1 aromatic heterocycles. The molecule has 0 saturated heterocycles. The number of aromatic amines is 1. The van der Waals surface area contributed by atoms with Crippen LogP contribution in [0, 0.1) is 11.6 Å². The molecular weight excluding hydrogens is 352 g/mol. The molecule has 0 atom stereocenters. The Bertz CT molecular complexity index is 1030. The predicted octanol–water partition coefficient (Wildman–Crippen LogP) is 3.57. The minimum Gasteiger partial charge on any atom is -0.354 e. The number of hydrogen-bond donors (Lipinski definition) is 3. The minimum absolute atomic E-state index is 0.0530. The van der Waals surface area contributed by atoms with E-state index in [1.165, 1.54) is 12.1 Å². The summed E-state index contributed by atoms with van der Waals surface area (Å²) in [4.78, 5) is 20.4. The van der Waals surface area contributed by atoms with Crippen molar-refractivity contribution < 1.29 is 18.4 Å². The van der Waals surface area contributed by atoms with Crippen LogP contribution in [-0.2, 0) is 17.9 Å². The van der Waals surface area contributed by atoms with Crippen molar-refractivity contribution >= 4 is 16.8 Å². The number of benzene rings is 2. The Morgan fingerprint density at radius 2 is 1.96 bits per heavy atom. The quantitative estimate of drug-likeness (QED) is 0.600. The number of H-pyrrole nitrogens is 1. The second-order valence-corrected chi connectivity index (χ2v) is 6.63. The molecule has 0 aliphatic carbocycles. The Balaban J connectivity index is 1.81. The number of rotatable bonds is 5. The molecular formula is C20H19F2N3O2. The van der Waals surface area contributed by atoms with Crippen LogP contribution in [0.1, 0.15) is 34.3 Å². The van der Waals surface area contributed by atoms with Crippen LogP contribution in [0.4, 0.5) is 8.78 Å². The number of halogens is 2. The molecule has 0 fully saturated rings. The van der Waals surface area contributed by atoms with Gasteiger partial charge in [-0.15, -0.1) is 0 Å². The topological polar surface area (TPSA) is 80.1 Å². The Morgan fingerprint density at radius 1 is 1.11 bits per heavy atom. The number of unbranched alkanes of at least 4 members (excludes halogenated alkanes) is 1. The lowest BCUT2D eigenvalue weighted by Crippen LogP contribution is -2.21. The number of aromatic nitrogens is 1. The molecule has 2 aromatic carbocycles. The van der Waals surface area contributed by atoms with Gasteiger partial charge in [-0.05, 0) is 55.6 Å². The summed E-state index contributed by atoms with van der Waals surface area (Å²) in [6, 6.07) is 7.53. The molecule has 5 nitrogen and oxygen atoms in total. The van der Waals surface area contributed by atoms with Gasteiger partial charge in [-0.2, -0.15) is 0 Å². The van der Waals surface area contributed by atoms with E-state index in [0.717, 1.165) is 30.9 Å². The highest BCUT2D eigenvalue weighted by Crippen LogP contribution is 2.36. The highest BCUT2D eigenvalue weighted by Gasteiger charge is 2.25. The van der Waals surface area contributed by atoms with Crippen molar-refractivity contribution in [3.8, 4) is 11.3 Å². The maximum Gasteiger partial charge on any atom is 0.275 e. The van der Waals surface area contributed by atoms with Gasteiger partial charge in [0.1, 0.15) is 18.2 Å². The fourth-order valence-corrected chi connectivity index (χ4v) is 3.54. The van der Waals surface area contributed by atoms with Crippen LogP contribution >= 0.6 is 0 Å². The molecule has 0 unspecified atom stereocenters. The van der Waals surface area contributed by atoms with Crippen LogP contribution < -0.4 is 11.2 Å². The van der Waals surface area contributed by atoms with E-state index >= 15 is 0 Å². The number of aryl methyl sites for hydroxylation is 1. The number of amides is 1. The fraction of sp³-hybridized carbons (Fsp3) is 0.250. The van der Waals surface area contributed by atoms with Crippen molar-refractivity contribution in [1.29, 1.82) is 0 Å². The van der Waals surface area contributed by atoms with E-state index in [1.54, 1.807) is 6.07 Å². The van der Waals surface area contributed by atoms with Gasteiger partial charge in [-0.3, -0.25) is 9.63 Å². The van der Waals surface area contributed by atoms with Crippen LogP contribution in [0.15, 0.2) is 30.3 Å². The highest BCUT2D eigenvalue weighted by atomic mass is 19.1. The third-order valence-corrected chi connectivity index (χ3v) is 4.81. The summed E-state index contributed by atoms with van der Waals surface area (Å²) >= 11 is 0. The van der Waals surface area contributed by atoms with E-state index < -0.39 is 11.7 Å². The van der Waals surface area contributed by atoms with Crippen molar-refractivity contribution in [3.63, 3.8) is 0 Å². The molecule has 27 heavy (non-hydrogen) atoms. The van der Waals surface area contributed by atoms with Gasteiger partial charge < -0.3 is 10.7 Å². The maximum atomic E-state index is 14.8. The summed E-state index contributed by atoms with van der Waals surface area (Å²) in [5.74, 6) is -1.46. The Kier molecular flexibility index (Phi) is 4.63. The molecule has 0 spiro atoms. The molecule has 1 amide bonds. The van der Waals surface area contributed by atoms with E-state index in [2.05, 4.69) is 10.5 Å². The normalized spacial score (nSPS) is 13.7. The summed E-state index contributed by atoms with van der Waals surface area (Å²) in [6.45, 7) is 0.669. The number of hydrogen-bond acceptors (Lipinski definition) is 3. The number of nitrogens with two attached hydrogens (primary N) is 1. The zero-order valence-corrected chi connectivity index (χ0v) is 14.6. The van der Waals surface area contributed by atoms with E-state index in [0.29, 0.717) is 34.3 Å². The molecule has 0 radical (unpaired) electrons. The SMILES string of the molecule is NCCCCc1ccc(-c2[nH]c3cc(F)cc4c3c2CONC4=O)c(F)c1. The third-order valence-electron chi connectivity index (χ3n) is 4.81. The lowest BCUT2D eigenvalue weighted by atomic mass is 9.99. The average Bonchev–Trinajstić information content (AvgIpc) is 2.90. The first-order chi connectivity index (χ1) is 13.1. The molecule has 4 N–H and O–H groups in total. The van der Waals surface area contributed by atoms with Crippen molar-refractivity contribution in [2.24, 2.45) is 5.73 Å². The smallest absolute Gasteiger partial charge is 0.275 e. The predicted molar refractivity (Wildman–Crippen MR) is 97.9 cm³/mol. The second kappa shape index (κ2) is 7.09. The summed E-state index contributed by atoms with van der Waals surface area (Å²) in [5, 5.41) is 0.549. The van der Waals surface area contributed by atoms with Gasteiger partial charge in [0.05, 0.1) is 11.3 Å². The standard InChI is InChI=1S/C20H19F2N3O2/c21-12-8-14-18-15(10-27-25-20(14)26)19(24-17(18)9-12)13-5-4-11(7-16(13)22)3-1-2-6-23/h4-5,7-9,24H,1-3,6,10,23H2,(H,25,26). The molecule has 140 valence electrons. The number of carbonyl (C=O) groups excluding carboxylic acids is 1. The largest absolute Gasteiger partial charge is 0.354 e. The number of hydroxylamine groups is 1. The second-order valence-electron chi connectivity index (χ2n) is 6.63. The summed E-state index contributed by atoms with van der Waals surface area (Å²) in [7, 11) is 0. The van der Waals surface area contributed by atoms with Crippen LogP contribution in [-0.4, -0.2) is 17.4 Å². The molecule has 0 bridgehead atoms. The number of nitrogens with one attached hydrogen (secondary N) is 2.